The zero-order valence-corrected chi connectivity index (χ0v) is 13.3. The summed E-state index contributed by atoms with van der Waals surface area (Å²) in [6, 6.07) is 3.29. The maximum atomic E-state index is 11.0. The van der Waals surface area contributed by atoms with E-state index < -0.39 is 4.92 Å². The first-order valence-corrected chi connectivity index (χ1v) is 7.61. The van der Waals surface area contributed by atoms with Gasteiger partial charge in [-0.15, -0.1) is 0 Å². The number of hydrogen-bond donors (Lipinski definition) is 0. The van der Waals surface area contributed by atoms with Crippen molar-refractivity contribution >= 4 is 37.5 Å². The van der Waals surface area contributed by atoms with Gasteiger partial charge in [0.05, 0.1) is 11.5 Å². The van der Waals surface area contributed by atoms with Crippen molar-refractivity contribution in [2.75, 3.05) is 11.9 Å². The van der Waals surface area contributed by atoms with Gasteiger partial charge in [-0.3, -0.25) is 10.1 Å². The van der Waals surface area contributed by atoms with Gasteiger partial charge in [-0.2, -0.15) is 0 Å². The van der Waals surface area contributed by atoms with Crippen molar-refractivity contribution < 1.29 is 9.66 Å². The number of ether oxygens (including phenoxy) is 1. The lowest BCUT2D eigenvalue weighted by Gasteiger charge is -2.09. The predicted molar refractivity (Wildman–Crippen MR) is 78.7 cm³/mol. The molecule has 0 saturated carbocycles. The number of nitro groups is 1. The highest BCUT2D eigenvalue weighted by atomic mass is 79.9. The quantitative estimate of drug-likeness (QED) is 0.300. The van der Waals surface area contributed by atoms with Gasteiger partial charge >= 0.3 is 5.69 Å². The SMILES string of the molecule is Cc1cc(Br)cc([N+](=O)[O-])c1OCCCCCBr. The van der Waals surface area contributed by atoms with Gasteiger partial charge in [0.25, 0.3) is 0 Å². The summed E-state index contributed by atoms with van der Waals surface area (Å²) in [6.07, 6.45) is 3.04. The van der Waals surface area contributed by atoms with E-state index in [1.807, 2.05) is 13.0 Å². The Kier molecular flexibility index (Phi) is 6.63. The Hall–Kier alpha value is -0.620. The second-order valence-corrected chi connectivity index (χ2v) is 5.63. The van der Waals surface area contributed by atoms with Gasteiger partial charge in [0, 0.05) is 15.9 Å². The highest BCUT2D eigenvalue weighted by Gasteiger charge is 2.18. The molecule has 1 rings (SSSR count). The molecule has 0 fully saturated rings. The molecule has 0 aliphatic carbocycles. The molecule has 0 unspecified atom stereocenters. The Balaban J connectivity index is 2.71. The van der Waals surface area contributed by atoms with Gasteiger partial charge in [0.15, 0.2) is 5.75 Å². The van der Waals surface area contributed by atoms with Crippen molar-refractivity contribution in [2.45, 2.75) is 26.2 Å². The molecule has 6 heteroatoms. The molecule has 0 spiro atoms. The molecule has 18 heavy (non-hydrogen) atoms. The smallest absolute Gasteiger partial charge is 0.312 e. The fourth-order valence-corrected chi connectivity index (χ4v) is 2.54. The second kappa shape index (κ2) is 7.74. The summed E-state index contributed by atoms with van der Waals surface area (Å²) >= 11 is 6.61. The molecule has 0 N–H and O–H groups in total. The zero-order chi connectivity index (χ0) is 13.5. The second-order valence-electron chi connectivity index (χ2n) is 3.93. The number of rotatable bonds is 7. The molecule has 100 valence electrons. The van der Waals surface area contributed by atoms with Crippen LogP contribution in [0.4, 0.5) is 5.69 Å². The average molecular weight is 381 g/mol. The van der Waals surface area contributed by atoms with Crippen LogP contribution in [0.25, 0.3) is 0 Å². The fourth-order valence-electron chi connectivity index (χ4n) is 1.58. The van der Waals surface area contributed by atoms with Gasteiger partial charge in [-0.25, -0.2) is 0 Å². The lowest BCUT2D eigenvalue weighted by Crippen LogP contribution is -2.02. The van der Waals surface area contributed by atoms with Crippen LogP contribution < -0.4 is 4.74 Å². The minimum absolute atomic E-state index is 0.0161. The van der Waals surface area contributed by atoms with Crippen molar-refractivity contribution in [3.63, 3.8) is 0 Å². The molecule has 0 atom stereocenters. The Morgan fingerprint density at radius 3 is 2.67 bits per heavy atom. The van der Waals surface area contributed by atoms with E-state index in [0.717, 1.165) is 30.2 Å². The first-order valence-electron chi connectivity index (χ1n) is 5.69. The topological polar surface area (TPSA) is 52.4 Å². The molecular weight excluding hydrogens is 366 g/mol. The van der Waals surface area contributed by atoms with Gasteiger partial charge in [0.2, 0.25) is 0 Å². The van der Waals surface area contributed by atoms with Crippen LogP contribution in [0.5, 0.6) is 5.75 Å². The zero-order valence-electron chi connectivity index (χ0n) is 10.1. The maximum absolute atomic E-state index is 11.0. The van der Waals surface area contributed by atoms with E-state index in [2.05, 4.69) is 31.9 Å². The molecule has 0 saturated heterocycles. The number of alkyl halides is 1. The van der Waals surface area contributed by atoms with Crippen molar-refractivity contribution in [3.05, 3.63) is 32.3 Å². The van der Waals surface area contributed by atoms with Crippen LogP contribution in [0.2, 0.25) is 0 Å². The van der Waals surface area contributed by atoms with E-state index in [9.17, 15) is 10.1 Å². The third-order valence-electron chi connectivity index (χ3n) is 2.44. The third-order valence-corrected chi connectivity index (χ3v) is 3.46. The summed E-state index contributed by atoms with van der Waals surface area (Å²) in [5.74, 6) is 0.377. The fraction of sp³-hybridized carbons (Fsp3) is 0.500. The molecule has 0 aliphatic rings. The summed E-state index contributed by atoms with van der Waals surface area (Å²) < 4.78 is 6.25. The lowest BCUT2D eigenvalue weighted by atomic mass is 10.2. The standard InChI is InChI=1S/C12H15Br2NO3/c1-9-7-10(14)8-11(15(16)17)12(9)18-6-4-2-3-5-13/h7-8H,2-6H2,1H3. The van der Waals surface area contributed by atoms with Crippen LogP contribution in [-0.2, 0) is 0 Å². The Bertz CT molecular complexity index is 424. The highest BCUT2D eigenvalue weighted by Crippen LogP contribution is 2.34. The van der Waals surface area contributed by atoms with E-state index in [1.54, 1.807) is 0 Å². The van der Waals surface area contributed by atoms with Crippen LogP contribution in [-0.4, -0.2) is 16.9 Å². The summed E-state index contributed by atoms with van der Waals surface area (Å²) in [5.41, 5.74) is 0.791. The van der Waals surface area contributed by atoms with E-state index in [0.29, 0.717) is 16.8 Å². The monoisotopic (exact) mass is 379 g/mol. The van der Waals surface area contributed by atoms with Gasteiger partial charge in [0.1, 0.15) is 0 Å². The molecule has 1 aromatic carbocycles. The first-order chi connectivity index (χ1) is 8.56. The van der Waals surface area contributed by atoms with Crippen LogP contribution in [0, 0.1) is 17.0 Å². The number of unbranched alkanes of at least 4 members (excludes halogenated alkanes) is 2. The molecule has 0 bridgehead atoms. The van der Waals surface area contributed by atoms with E-state index >= 15 is 0 Å². The molecule has 0 aromatic heterocycles. The van der Waals surface area contributed by atoms with Crippen LogP contribution in [0.1, 0.15) is 24.8 Å². The normalized spacial score (nSPS) is 10.4. The molecular formula is C12H15Br2NO3. The minimum atomic E-state index is -0.411. The number of aryl methyl sites for hydroxylation is 1. The summed E-state index contributed by atoms with van der Waals surface area (Å²) in [6.45, 7) is 2.32. The van der Waals surface area contributed by atoms with Crippen molar-refractivity contribution in [1.82, 2.24) is 0 Å². The van der Waals surface area contributed by atoms with Crippen molar-refractivity contribution in [1.29, 1.82) is 0 Å². The number of benzene rings is 1. The third kappa shape index (κ3) is 4.57. The average Bonchev–Trinajstić information content (AvgIpc) is 2.30. The Morgan fingerprint density at radius 2 is 2.06 bits per heavy atom. The number of nitro benzene ring substituents is 1. The van der Waals surface area contributed by atoms with E-state index in [1.165, 1.54) is 6.07 Å². The van der Waals surface area contributed by atoms with E-state index in [-0.39, 0.29) is 5.69 Å². The number of hydrogen-bond acceptors (Lipinski definition) is 3. The largest absolute Gasteiger partial charge is 0.487 e. The van der Waals surface area contributed by atoms with E-state index in [4.69, 9.17) is 4.74 Å². The summed E-state index contributed by atoms with van der Waals surface area (Å²) in [4.78, 5) is 10.5. The number of halogens is 2. The number of nitrogens with zero attached hydrogens (tertiary/aromatic N) is 1. The highest BCUT2D eigenvalue weighted by molar-refractivity contribution is 9.10. The van der Waals surface area contributed by atoms with Crippen LogP contribution >= 0.6 is 31.9 Å². The minimum Gasteiger partial charge on any atom is -0.487 e. The van der Waals surface area contributed by atoms with Gasteiger partial charge in [-0.1, -0.05) is 31.9 Å². The maximum Gasteiger partial charge on any atom is 0.312 e. The predicted octanol–water partition coefficient (Wildman–Crippen LogP) is 4.61. The van der Waals surface area contributed by atoms with Crippen molar-refractivity contribution in [3.8, 4) is 5.75 Å². The lowest BCUT2D eigenvalue weighted by molar-refractivity contribution is -0.386. The summed E-state index contributed by atoms with van der Waals surface area (Å²) in [5, 5.41) is 11.9. The summed E-state index contributed by atoms with van der Waals surface area (Å²) in [7, 11) is 0. The first kappa shape index (κ1) is 15.4. The van der Waals surface area contributed by atoms with Gasteiger partial charge in [-0.05, 0) is 37.8 Å². The van der Waals surface area contributed by atoms with Crippen molar-refractivity contribution in [2.24, 2.45) is 0 Å². The van der Waals surface area contributed by atoms with Crippen LogP contribution in [0.3, 0.4) is 0 Å². The van der Waals surface area contributed by atoms with Gasteiger partial charge < -0.3 is 4.74 Å². The Morgan fingerprint density at radius 1 is 1.33 bits per heavy atom. The molecule has 0 aliphatic heterocycles. The molecule has 4 nitrogen and oxygen atoms in total. The molecule has 1 aromatic rings. The Labute approximate surface area is 123 Å². The molecule has 0 heterocycles. The molecule has 0 radical (unpaired) electrons. The molecule has 0 amide bonds. The van der Waals surface area contributed by atoms with Crippen LogP contribution in [0.15, 0.2) is 16.6 Å².